The van der Waals surface area contributed by atoms with Gasteiger partial charge in [0.2, 0.25) is 10.0 Å². The number of alkyl halides is 1. The summed E-state index contributed by atoms with van der Waals surface area (Å²) in [6.07, 6.45) is 0. The number of rotatable bonds is 5. The van der Waals surface area contributed by atoms with Crippen molar-refractivity contribution in [2.24, 2.45) is 0 Å². The molecule has 1 rings (SSSR count). The van der Waals surface area contributed by atoms with Gasteiger partial charge in [-0.1, -0.05) is 12.1 Å². The van der Waals surface area contributed by atoms with Gasteiger partial charge in [0.15, 0.2) is 0 Å². The van der Waals surface area contributed by atoms with Gasteiger partial charge >= 0.3 is 0 Å². The minimum absolute atomic E-state index is 0.256. The first-order valence-electron chi connectivity index (χ1n) is 5.58. The van der Waals surface area contributed by atoms with Crippen molar-refractivity contribution in [2.75, 3.05) is 6.54 Å². The third kappa shape index (κ3) is 4.17. The molecule has 0 aliphatic carbocycles. The fourth-order valence-corrected chi connectivity index (χ4v) is 2.47. The molecule has 102 valence electrons. The molecule has 0 radical (unpaired) electrons. The first-order chi connectivity index (χ1) is 8.15. The molecular weight excluding hydrogens is 368 g/mol. The van der Waals surface area contributed by atoms with E-state index in [1.54, 1.807) is 38.1 Å². The Bertz CT molecular complexity index is 497. The van der Waals surface area contributed by atoms with E-state index in [2.05, 4.69) is 27.3 Å². The van der Waals surface area contributed by atoms with E-state index in [1.807, 2.05) is 0 Å². The lowest BCUT2D eigenvalue weighted by molar-refractivity contribution is 0.196. The van der Waals surface area contributed by atoms with Crippen molar-refractivity contribution < 1.29 is 12.8 Å². The van der Waals surface area contributed by atoms with Gasteiger partial charge in [-0.2, -0.15) is 0 Å². The van der Waals surface area contributed by atoms with Crippen molar-refractivity contribution in [2.45, 2.75) is 31.7 Å². The van der Waals surface area contributed by atoms with Crippen LogP contribution in [0.2, 0.25) is 0 Å². The zero-order chi connectivity index (χ0) is 14.0. The number of sulfonamides is 1. The van der Waals surface area contributed by atoms with Crippen molar-refractivity contribution in [1.29, 1.82) is 0 Å². The Hall–Kier alpha value is -0.210. The quantitative estimate of drug-likeness (QED) is 0.793. The average Bonchev–Trinajstić information content (AvgIpc) is 2.27. The third-order valence-electron chi connectivity index (χ3n) is 2.67. The third-order valence-corrected chi connectivity index (χ3v) is 5.18. The SMILES string of the molecule is CC(C)S(=O)(=O)NC[C@@](C)(F)c1ccc(I)cc1. The minimum atomic E-state index is -3.44. The van der Waals surface area contributed by atoms with Crippen molar-refractivity contribution in [3.05, 3.63) is 33.4 Å². The van der Waals surface area contributed by atoms with Crippen LogP contribution in [0.25, 0.3) is 0 Å². The van der Waals surface area contributed by atoms with Gasteiger partial charge in [0.05, 0.1) is 5.25 Å². The Morgan fingerprint density at radius 2 is 1.83 bits per heavy atom. The molecule has 0 aliphatic heterocycles. The molecule has 1 aromatic carbocycles. The standard InChI is InChI=1S/C12H17FINO2S/c1-9(2)18(16,17)15-8-12(3,13)10-4-6-11(14)7-5-10/h4-7,9,15H,8H2,1-3H3/t12-/m1/s1. The van der Waals surface area contributed by atoms with Gasteiger partial charge in [-0.05, 0) is 61.1 Å². The highest BCUT2D eigenvalue weighted by molar-refractivity contribution is 14.1. The molecule has 1 aromatic rings. The van der Waals surface area contributed by atoms with Gasteiger partial charge < -0.3 is 0 Å². The van der Waals surface area contributed by atoms with Crippen molar-refractivity contribution in [3.8, 4) is 0 Å². The summed E-state index contributed by atoms with van der Waals surface area (Å²) in [5, 5.41) is -0.565. The Kier molecular flexibility index (Phi) is 5.13. The second kappa shape index (κ2) is 5.83. The Morgan fingerprint density at radius 3 is 2.28 bits per heavy atom. The van der Waals surface area contributed by atoms with Gasteiger partial charge in [0.25, 0.3) is 0 Å². The van der Waals surface area contributed by atoms with Gasteiger partial charge in [-0.15, -0.1) is 0 Å². The van der Waals surface area contributed by atoms with Crippen molar-refractivity contribution >= 4 is 32.6 Å². The number of nitrogens with one attached hydrogen (secondary N) is 1. The lowest BCUT2D eigenvalue weighted by atomic mass is 9.98. The lowest BCUT2D eigenvalue weighted by Gasteiger charge is -2.22. The zero-order valence-electron chi connectivity index (χ0n) is 10.6. The number of halogens is 2. The molecule has 0 aromatic heterocycles. The van der Waals surface area contributed by atoms with E-state index in [1.165, 1.54) is 6.92 Å². The summed E-state index contributed by atoms with van der Waals surface area (Å²) < 4.78 is 40.9. The monoisotopic (exact) mass is 385 g/mol. The molecule has 0 amide bonds. The van der Waals surface area contributed by atoms with Crippen LogP contribution in [-0.2, 0) is 15.7 Å². The highest BCUT2D eigenvalue weighted by Crippen LogP contribution is 2.25. The maximum atomic E-state index is 14.4. The van der Waals surface area contributed by atoms with E-state index in [4.69, 9.17) is 0 Å². The summed E-state index contributed by atoms with van der Waals surface area (Å²) in [4.78, 5) is 0. The molecule has 18 heavy (non-hydrogen) atoms. The molecule has 0 saturated carbocycles. The van der Waals surface area contributed by atoms with Crippen LogP contribution in [-0.4, -0.2) is 20.2 Å². The maximum Gasteiger partial charge on any atom is 0.214 e. The second-order valence-electron chi connectivity index (χ2n) is 4.62. The molecule has 1 N–H and O–H groups in total. The smallest absolute Gasteiger partial charge is 0.214 e. The van der Waals surface area contributed by atoms with E-state index in [0.717, 1.165) is 3.57 Å². The Balaban J connectivity index is 2.80. The second-order valence-corrected chi connectivity index (χ2v) is 8.19. The maximum absolute atomic E-state index is 14.4. The van der Waals surface area contributed by atoms with Crippen molar-refractivity contribution in [3.63, 3.8) is 0 Å². The molecule has 0 bridgehead atoms. The zero-order valence-corrected chi connectivity index (χ0v) is 13.5. The molecule has 3 nitrogen and oxygen atoms in total. The summed E-state index contributed by atoms with van der Waals surface area (Å²) in [5.74, 6) is 0. The van der Waals surface area contributed by atoms with Crippen LogP contribution < -0.4 is 4.72 Å². The van der Waals surface area contributed by atoms with Crippen LogP contribution in [0.15, 0.2) is 24.3 Å². The summed E-state index contributed by atoms with van der Waals surface area (Å²) in [6, 6.07) is 6.94. The lowest BCUT2D eigenvalue weighted by Crippen LogP contribution is -2.39. The first-order valence-corrected chi connectivity index (χ1v) is 8.21. The molecular formula is C12H17FINO2S. The average molecular weight is 385 g/mol. The van der Waals surface area contributed by atoms with Crippen LogP contribution >= 0.6 is 22.6 Å². The van der Waals surface area contributed by atoms with Crippen molar-refractivity contribution in [1.82, 2.24) is 4.72 Å². The van der Waals surface area contributed by atoms with E-state index in [-0.39, 0.29) is 6.54 Å². The normalized spacial score (nSPS) is 15.7. The molecule has 6 heteroatoms. The van der Waals surface area contributed by atoms with Crippen LogP contribution in [0, 0.1) is 3.57 Å². The molecule has 0 heterocycles. The topological polar surface area (TPSA) is 46.2 Å². The minimum Gasteiger partial charge on any atom is -0.238 e. The predicted molar refractivity (Wildman–Crippen MR) is 79.7 cm³/mol. The predicted octanol–water partition coefficient (Wildman–Crippen LogP) is 2.80. The fraction of sp³-hybridized carbons (Fsp3) is 0.500. The summed E-state index contributed by atoms with van der Waals surface area (Å²) >= 11 is 2.13. The largest absolute Gasteiger partial charge is 0.238 e. The van der Waals surface area contributed by atoms with Crippen LogP contribution in [0.5, 0.6) is 0 Å². The van der Waals surface area contributed by atoms with Crippen LogP contribution in [0.3, 0.4) is 0 Å². The van der Waals surface area contributed by atoms with Gasteiger partial charge in [0.1, 0.15) is 5.67 Å². The summed E-state index contributed by atoms with van der Waals surface area (Å²) in [7, 11) is -3.44. The molecule has 0 aliphatic rings. The van der Waals surface area contributed by atoms with E-state index in [9.17, 15) is 12.8 Å². The van der Waals surface area contributed by atoms with Gasteiger partial charge in [-0.3, -0.25) is 0 Å². The van der Waals surface area contributed by atoms with Crippen LogP contribution in [0.1, 0.15) is 26.3 Å². The molecule has 0 spiro atoms. The first kappa shape index (κ1) is 15.8. The highest BCUT2D eigenvalue weighted by atomic mass is 127. The van der Waals surface area contributed by atoms with E-state index in [0.29, 0.717) is 5.56 Å². The van der Waals surface area contributed by atoms with E-state index >= 15 is 0 Å². The Labute approximate surface area is 121 Å². The summed E-state index contributed by atoms with van der Waals surface area (Å²) in [6.45, 7) is 4.23. The highest BCUT2D eigenvalue weighted by Gasteiger charge is 2.28. The Morgan fingerprint density at radius 1 is 1.33 bits per heavy atom. The fourth-order valence-electron chi connectivity index (χ4n) is 1.30. The summed E-state index contributed by atoms with van der Waals surface area (Å²) in [5.41, 5.74) is -1.25. The van der Waals surface area contributed by atoms with Gasteiger partial charge in [0, 0.05) is 10.1 Å². The molecule has 0 fully saturated rings. The molecule has 1 atom stereocenters. The molecule has 0 saturated heterocycles. The van der Waals surface area contributed by atoms with Gasteiger partial charge in [-0.25, -0.2) is 17.5 Å². The number of benzene rings is 1. The number of hydrogen-bond donors (Lipinski definition) is 1. The number of hydrogen-bond acceptors (Lipinski definition) is 2. The van der Waals surface area contributed by atoms with Crippen LogP contribution in [0.4, 0.5) is 4.39 Å². The molecule has 0 unspecified atom stereocenters. The van der Waals surface area contributed by atoms with E-state index < -0.39 is 20.9 Å².